The van der Waals surface area contributed by atoms with Gasteiger partial charge in [-0.05, 0) is 0 Å². The molecule has 14 heavy (non-hydrogen) atoms. The van der Waals surface area contributed by atoms with E-state index in [-0.39, 0.29) is 12.4 Å². The lowest BCUT2D eigenvalue weighted by Crippen LogP contribution is -2.26. The molecule has 0 saturated heterocycles. The van der Waals surface area contributed by atoms with Crippen LogP contribution < -0.4 is 5.48 Å². The van der Waals surface area contributed by atoms with Crippen molar-refractivity contribution in [3.8, 4) is 0 Å². The van der Waals surface area contributed by atoms with Crippen molar-refractivity contribution >= 4 is 5.91 Å². The van der Waals surface area contributed by atoms with Crippen molar-refractivity contribution in [1.82, 2.24) is 15.6 Å². The molecule has 0 fully saturated rings. The van der Waals surface area contributed by atoms with E-state index in [0.29, 0.717) is 12.5 Å². The van der Waals surface area contributed by atoms with E-state index >= 15 is 0 Å². The fourth-order valence-electron chi connectivity index (χ4n) is 0.679. The maximum Gasteiger partial charge on any atom is 0.316 e. The van der Waals surface area contributed by atoms with Crippen LogP contribution >= 0.6 is 0 Å². The summed E-state index contributed by atoms with van der Waals surface area (Å²) in [6.07, 6.45) is 0. The minimum Gasteiger partial charge on any atom is -0.382 e. The molecule has 7 heteroatoms. The van der Waals surface area contributed by atoms with Gasteiger partial charge in [0.05, 0.1) is 13.2 Å². The molecule has 1 amide bonds. The van der Waals surface area contributed by atoms with E-state index in [1.165, 1.54) is 7.11 Å². The van der Waals surface area contributed by atoms with Crippen LogP contribution in [0.5, 0.6) is 0 Å². The van der Waals surface area contributed by atoms with E-state index in [2.05, 4.69) is 20.1 Å². The Hall–Kier alpha value is -1.47. The van der Waals surface area contributed by atoms with E-state index in [9.17, 15) is 4.79 Å². The van der Waals surface area contributed by atoms with Crippen LogP contribution in [0.15, 0.2) is 4.52 Å². The van der Waals surface area contributed by atoms with Gasteiger partial charge in [-0.3, -0.25) is 9.63 Å². The third-order valence-electron chi connectivity index (χ3n) is 1.29. The molecule has 0 spiro atoms. The van der Waals surface area contributed by atoms with Crippen molar-refractivity contribution < 1.29 is 18.9 Å². The molecule has 0 unspecified atom stereocenters. The molecule has 1 aromatic rings. The first-order valence-corrected chi connectivity index (χ1v) is 3.95. The Kier molecular flexibility index (Phi) is 4.02. The number of aryl methyl sites for hydroxylation is 1. The summed E-state index contributed by atoms with van der Waals surface area (Å²) in [5.74, 6) is -0.273. The SMILES string of the molecule is COCCONC(=O)c1noc(C)n1. The Morgan fingerprint density at radius 1 is 1.57 bits per heavy atom. The lowest BCUT2D eigenvalue weighted by Gasteiger charge is -2.01. The molecule has 0 saturated carbocycles. The lowest BCUT2D eigenvalue weighted by molar-refractivity contribution is 0.00810. The maximum absolute atomic E-state index is 11.2. The van der Waals surface area contributed by atoms with Crippen LogP contribution in [-0.2, 0) is 9.57 Å². The molecule has 0 radical (unpaired) electrons. The number of methoxy groups -OCH3 is 1. The number of amides is 1. The number of nitrogens with one attached hydrogen (secondary N) is 1. The zero-order valence-corrected chi connectivity index (χ0v) is 7.94. The van der Waals surface area contributed by atoms with Gasteiger partial charge in [-0.1, -0.05) is 5.16 Å². The van der Waals surface area contributed by atoms with Crippen LogP contribution in [0.25, 0.3) is 0 Å². The smallest absolute Gasteiger partial charge is 0.316 e. The number of hydrogen-bond acceptors (Lipinski definition) is 6. The molecular weight excluding hydrogens is 190 g/mol. The van der Waals surface area contributed by atoms with E-state index < -0.39 is 5.91 Å². The first kappa shape index (κ1) is 10.6. The van der Waals surface area contributed by atoms with E-state index in [0.717, 1.165) is 0 Å². The van der Waals surface area contributed by atoms with Crippen molar-refractivity contribution in [1.29, 1.82) is 0 Å². The van der Waals surface area contributed by atoms with Crippen LogP contribution in [0.4, 0.5) is 0 Å². The zero-order valence-electron chi connectivity index (χ0n) is 7.94. The van der Waals surface area contributed by atoms with Crippen LogP contribution in [0.1, 0.15) is 16.5 Å². The minimum absolute atomic E-state index is 0.0556. The molecule has 1 aromatic heterocycles. The third kappa shape index (κ3) is 3.11. The average molecular weight is 201 g/mol. The van der Waals surface area contributed by atoms with Gasteiger partial charge in [0.15, 0.2) is 0 Å². The second-order valence-corrected chi connectivity index (χ2v) is 2.41. The Morgan fingerprint density at radius 3 is 2.93 bits per heavy atom. The monoisotopic (exact) mass is 201 g/mol. The number of hydrogen-bond donors (Lipinski definition) is 1. The molecule has 0 atom stereocenters. The van der Waals surface area contributed by atoms with Crippen molar-refractivity contribution in [3.05, 3.63) is 11.7 Å². The maximum atomic E-state index is 11.2. The molecule has 1 heterocycles. The molecule has 0 aliphatic heterocycles. The number of nitrogens with zero attached hydrogens (tertiary/aromatic N) is 2. The molecule has 1 rings (SSSR count). The summed E-state index contributed by atoms with van der Waals surface area (Å²) in [5.41, 5.74) is 2.14. The number of carbonyl (C=O) groups is 1. The van der Waals surface area contributed by atoms with Gasteiger partial charge in [0, 0.05) is 14.0 Å². The second-order valence-electron chi connectivity index (χ2n) is 2.41. The Labute approximate surface area is 80.3 Å². The van der Waals surface area contributed by atoms with Crippen molar-refractivity contribution in [2.75, 3.05) is 20.3 Å². The summed E-state index contributed by atoms with van der Waals surface area (Å²) < 4.78 is 9.32. The summed E-state index contributed by atoms with van der Waals surface area (Å²) in [6.45, 7) is 2.25. The number of ether oxygens (including phenoxy) is 1. The highest BCUT2D eigenvalue weighted by molar-refractivity contribution is 5.89. The zero-order chi connectivity index (χ0) is 10.4. The summed E-state index contributed by atoms with van der Waals surface area (Å²) in [7, 11) is 1.54. The molecule has 78 valence electrons. The summed E-state index contributed by atoms with van der Waals surface area (Å²) >= 11 is 0. The Bertz CT molecular complexity index is 299. The number of aromatic nitrogens is 2. The minimum atomic E-state index is -0.544. The van der Waals surface area contributed by atoms with Crippen molar-refractivity contribution in [2.24, 2.45) is 0 Å². The summed E-state index contributed by atoms with van der Waals surface area (Å²) in [4.78, 5) is 19.6. The third-order valence-corrected chi connectivity index (χ3v) is 1.29. The topological polar surface area (TPSA) is 86.5 Å². The standard InChI is InChI=1S/C7H11N3O4/c1-5-8-6(9-14-5)7(11)10-13-4-3-12-2/h3-4H2,1-2H3,(H,10,11). The molecule has 1 N–H and O–H groups in total. The first-order chi connectivity index (χ1) is 6.74. The van der Waals surface area contributed by atoms with Crippen LogP contribution in [-0.4, -0.2) is 36.4 Å². The fourth-order valence-corrected chi connectivity index (χ4v) is 0.679. The van der Waals surface area contributed by atoms with Gasteiger partial charge in [-0.15, -0.1) is 0 Å². The van der Waals surface area contributed by atoms with Gasteiger partial charge in [0.25, 0.3) is 5.82 Å². The van der Waals surface area contributed by atoms with Gasteiger partial charge >= 0.3 is 5.91 Å². The van der Waals surface area contributed by atoms with Crippen molar-refractivity contribution in [2.45, 2.75) is 6.92 Å². The van der Waals surface area contributed by atoms with Gasteiger partial charge in [-0.25, -0.2) is 5.48 Å². The summed E-state index contributed by atoms with van der Waals surface area (Å²) in [5, 5.41) is 3.41. The van der Waals surface area contributed by atoms with Crippen LogP contribution in [0.2, 0.25) is 0 Å². The van der Waals surface area contributed by atoms with E-state index in [1.54, 1.807) is 6.92 Å². The normalized spacial score (nSPS) is 10.1. The van der Waals surface area contributed by atoms with E-state index in [1.807, 2.05) is 0 Å². The number of carbonyl (C=O) groups excluding carboxylic acids is 1. The molecular formula is C7H11N3O4. The molecule has 0 aliphatic carbocycles. The molecule has 0 bridgehead atoms. The van der Waals surface area contributed by atoms with Gasteiger partial charge < -0.3 is 9.26 Å². The highest BCUT2D eigenvalue weighted by Gasteiger charge is 2.12. The first-order valence-electron chi connectivity index (χ1n) is 3.95. The highest BCUT2D eigenvalue weighted by atomic mass is 16.7. The Balaban J connectivity index is 2.29. The van der Waals surface area contributed by atoms with Gasteiger partial charge in [-0.2, -0.15) is 4.98 Å². The molecule has 7 nitrogen and oxygen atoms in total. The fraction of sp³-hybridized carbons (Fsp3) is 0.571. The van der Waals surface area contributed by atoms with Crippen molar-refractivity contribution in [3.63, 3.8) is 0 Å². The van der Waals surface area contributed by atoms with Crippen LogP contribution in [0.3, 0.4) is 0 Å². The van der Waals surface area contributed by atoms with Gasteiger partial charge in [0.2, 0.25) is 5.89 Å². The molecule has 0 aliphatic rings. The predicted molar refractivity (Wildman–Crippen MR) is 44.3 cm³/mol. The lowest BCUT2D eigenvalue weighted by atomic mass is 10.6. The second kappa shape index (κ2) is 5.30. The number of hydroxylamine groups is 1. The van der Waals surface area contributed by atoms with Gasteiger partial charge in [0.1, 0.15) is 0 Å². The predicted octanol–water partition coefficient (Wildman–Crippen LogP) is -0.314. The number of rotatable bonds is 5. The Morgan fingerprint density at radius 2 is 2.36 bits per heavy atom. The van der Waals surface area contributed by atoms with E-state index in [4.69, 9.17) is 9.57 Å². The highest BCUT2D eigenvalue weighted by Crippen LogP contribution is 1.93. The average Bonchev–Trinajstić information content (AvgIpc) is 2.59. The van der Waals surface area contributed by atoms with Crippen LogP contribution in [0, 0.1) is 6.92 Å². The quantitative estimate of drug-likeness (QED) is 0.519. The summed E-state index contributed by atoms with van der Waals surface area (Å²) in [6, 6.07) is 0. The molecule has 0 aromatic carbocycles. The largest absolute Gasteiger partial charge is 0.382 e.